The molecule has 0 bridgehead atoms. The van der Waals surface area contributed by atoms with Crippen molar-refractivity contribution in [2.24, 2.45) is 0 Å². The van der Waals surface area contributed by atoms with Crippen LogP contribution in [-0.2, 0) is 0 Å². The van der Waals surface area contributed by atoms with Gasteiger partial charge in [0, 0.05) is 18.5 Å². The van der Waals surface area contributed by atoms with E-state index < -0.39 is 0 Å². The highest BCUT2D eigenvalue weighted by Crippen LogP contribution is 2.13. The molecule has 0 atom stereocenters. The third-order valence-electron chi connectivity index (χ3n) is 1.93. The van der Waals surface area contributed by atoms with Crippen molar-refractivity contribution in [1.82, 2.24) is 9.88 Å². The van der Waals surface area contributed by atoms with Crippen molar-refractivity contribution in [3.05, 3.63) is 11.1 Å². The molecule has 74 valence electrons. The Morgan fingerprint density at radius 3 is 2.92 bits per heavy atom. The molecule has 0 saturated carbocycles. The van der Waals surface area contributed by atoms with E-state index in [1.54, 1.807) is 11.3 Å². The van der Waals surface area contributed by atoms with Crippen molar-refractivity contribution in [2.45, 2.75) is 13.8 Å². The van der Waals surface area contributed by atoms with Crippen molar-refractivity contribution in [3.8, 4) is 0 Å². The molecule has 13 heavy (non-hydrogen) atoms. The summed E-state index contributed by atoms with van der Waals surface area (Å²) in [6.45, 7) is 7.30. The molecule has 1 aromatic heterocycles. The quantitative estimate of drug-likeness (QED) is 0.784. The van der Waals surface area contributed by atoms with Gasteiger partial charge in [-0.3, -0.25) is 0 Å². The molecule has 1 rings (SSSR count). The first-order chi connectivity index (χ1) is 6.22. The summed E-state index contributed by atoms with van der Waals surface area (Å²) in [7, 11) is 2.12. The maximum Gasteiger partial charge on any atom is 0.182 e. The molecule has 0 amide bonds. The van der Waals surface area contributed by atoms with Gasteiger partial charge in [0.1, 0.15) is 0 Å². The Morgan fingerprint density at radius 2 is 2.38 bits per heavy atom. The Labute approximate surface area is 83.8 Å². The number of hydrogen-bond acceptors (Lipinski definition) is 4. The fraction of sp³-hybridized carbons (Fsp3) is 0.667. The molecule has 0 radical (unpaired) electrons. The van der Waals surface area contributed by atoms with Gasteiger partial charge in [0.2, 0.25) is 0 Å². The van der Waals surface area contributed by atoms with Gasteiger partial charge < -0.3 is 10.2 Å². The molecule has 0 aliphatic heterocycles. The van der Waals surface area contributed by atoms with E-state index in [-0.39, 0.29) is 0 Å². The Bertz CT molecular complexity index is 247. The van der Waals surface area contributed by atoms with Gasteiger partial charge in [0.25, 0.3) is 0 Å². The Hall–Kier alpha value is -0.610. The Balaban J connectivity index is 2.20. The number of rotatable bonds is 5. The average Bonchev–Trinajstić information content (AvgIpc) is 2.51. The lowest BCUT2D eigenvalue weighted by Gasteiger charge is -2.13. The zero-order valence-electron chi connectivity index (χ0n) is 8.50. The van der Waals surface area contributed by atoms with Gasteiger partial charge in [-0.2, -0.15) is 0 Å². The minimum atomic E-state index is 0.970. The summed E-state index contributed by atoms with van der Waals surface area (Å²) < 4.78 is 0. The average molecular weight is 199 g/mol. The molecule has 0 unspecified atom stereocenters. The molecule has 0 aliphatic rings. The van der Waals surface area contributed by atoms with Crippen molar-refractivity contribution < 1.29 is 0 Å². The van der Waals surface area contributed by atoms with E-state index in [2.05, 4.69) is 34.6 Å². The Kier molecular flexibility index (Phi) is 4.18. The van der Waals surface area contributed by atoms with E-state index in [0.29, 0.717) is 0 Å². The third-order valence-corrected chi connectivity index (χ3v) is 2.85. The molecule has 1 heterocycles. The van der Waals surface area contributed by atoms with Crippen LogP contribution in [0.5, 0.6) is 0 Å². The molecule has 4 heteroatoms. The topological polar surface area (TPSA) is 28.2 Å². The zero-order chi connectivity index (χ0) is 9.68. The molecular formula is C9H17N3S. The van der Waals surface area contributed by atoms with Crippen molar-refractivity contribution in [3.63, 3.8) is 0 Å². The van der Waals surface area contributed by atoms with Gasteiger partial charge in [0.05, 0.1) is 5.69 Å². The second-order valence-corrected chi connectivity index (χ2v) is 3.97. The highest BCUT2D eigenvalue weighted by Gasteiger charge is 1.97. The SMILES string of the molecule is CCN(C)CCNc1nc(C)cs1. The lowest BCUT2D eigenvalue weighted by Crippen LogP contribution is -2.24. The monoisotopic (exact) mass is 199 g/mol. The summed E-state index contributed by atoms with van der Waals surface area (Å²) in [6.07, 6.45) is 0. The summed E-state index contributed by atoms with van der Waals surface area (Å²) in [6, 6.07) is 0. The molecule has 0 aliphatic carbocycles. The fourth-order valence-corrected chi connectivity index (χ4v) is 1.66. The van der Waals surface area contributed by atoms with E-state index in [1.807, 2.05) is 6.92 Å². The lowest BCUT2D eigenvalue weighted by atomic mass is 10.5. The van der Waals surface area contributed by atoms with E-state index in [0.717, 1.165) is 30.5 Å². The molecule has 0 saturated heterocycles. The van der Waals surface area contributed by atoms with Gasteiger partial charge in [0.15, 0.2) is 5.13 Å². The van der Waals surface area contributed by atoms with Gasteiger partial charge in [-0.15, -0.1) is 11.3 Å². The standard InChI is InChI=1S/C9H17N3S/c1-4-12(3)6-5-10-9-11-8(2)7-13-9/h7H,4-6H2,1-3H3,(H,10,11). The number of nitrogens with zero attached hydrogens (tertiary/aromatic N) is 2. The van der Waals surface area contributed by atoms with Crippen LogP contribution in [0.15, 0.2) is 5.38 Å². The van der Waals surface area contributed by atoms with E-state index in [4.69, 9.17) is 0 Å². The molecule has 1 N–H and O–H groups in total. The van der Waals surface area contributed by atoms with Crippen LogP contribution in [-0.4, -0.2) is 36.6 Å². The normalized spacial score (nSPS) is 10.8. The lowest BCUT2D eigenvalue weighted by molar-refractivity contribution is 0.367. The number of likely N-dealkylation sites (N-methyl/N-ethyl adjacent to an activating group) is 1. The minimum Gasteiger partial charge on any atom is -0.360 e. The second-order valence-electron chi connectivity index (χ2n) is 3.12. The molecule has 0 spiro atoms. The van der Waals surface area contributed by atoms with Crippen LogP contribution in [0.4, 0.5) is 5.13 Å². The van der Waals surface area contributed by atoms with Gasteiger partial charge in [-0.1, -0.05) is 6.92 Å². The first-order valence-electron chi connectivity index (χ1n) is 4.57. The van der Waals surface area contributed by atoms with Crippen LogP contribution in [0.1, 0.15) is 12.6 Å². The predicted molar refractivity (Wildman–Crippen MR) is 58.5 cm³/mol. The molecule has 1 aromatic rings. The minimum absolute atomic E-state index is 0.970. The van der Waals surface area contributed by atoms with Crippen LogP contribution < -0.4 is 5.32 Å². The van der Waals surface area contributed by atoms with E-state index in [9.17, 15) is 0 Å². The highest BCUT2D eigenvalue weighted by molar-refractivity contribution is 7.13. The van der Waals surface area contributed by atoms with Crippen LogP contribution >= 0.6 is 11.3 Å². The first kappa shape index (κ1) is 10.5. The summed E-state index contributed by atoms with van der Waals surface area (Å²) in [5.41, 5.74) is 1.09. The van der Waals surface area contributed by atoms with Gasteiger partial charge >= 0.3 is 0 Å². The summed E-state index contributed by atoms with van der Waals surface area (Å²) in [5.74, 6) is 0. The predicted octanol–water partition coefficient (Wildman–Crippen LogP) is 1.82. The summed E-state index contributed by atoms with van der Waals surface area (Å²) in [4.78, 5) is 6.59. The molecule has 0 aromatic carbocycles. The number of aryl methyl sites for hydroxylation is 1. The summed E-state index contributed by atoms with van der Waals surface area (Å²) >= 11 is 1.67. The van der Waals surface area contributed by atoms with Crippen molar-refractivity contribution in [2.75, 3.05) is 32.0 Å². The van der Waals surface area contributed by atoms with Crippen LogP contribution in [0.25, 0.3) is 0 Å². The smallest absolute Gasteiger partial charge is 0.182 e. The molecular weight excluding hydrogens is 182 g/mol. The van der Waals surface area contributed by atoms with Crippen LogP contribution in [0.2, 0.25) is 0 Å². The zero-order valence-corrected chi connectivity index (χ0v) is 9.32. The maximum atomic E-state index is 4.32. The van der Waals surface area contributed by atoms with Crippen molar-refractivity contribution >= 4 is 16.5 Å². The van der Waals surface area contributed by atoms with E-state index in [1.165, 1.54) is 0 Å². The number of nitrogens with one attached hydrogen (secondary N) is 1. The van der Waals surface area contributed by atoms with Gasteiger partial charge in [-0.25, -0.2) is 4.98 Å². The molecule has 0 fully saturated rings. The second kappa shape index (κ2) is 5.19. The van der Waals surface area contributed by atoms with Crippen LogP contribution in [0.3, 0.4) is 0 Å². The first-order valence-corrected chi connectivity index (χ1v) is 5.45. The highest BCUT2D eigenvalue weighted by atomic mass is 32.1. The summed E-state index contributed by atoms with van der Waals surface area (Å²) in [5, 5.41) is 6.39. The van der Waals surface area contributed by atoms with Crippen molar-refractivity contribution in [1.29, 1.82) is 0 Å². The van der Waals surface area contributed by atoms with Crippen LogP contribution in [0, 0.1) is 6.92 Å². The molecule has 3 nitrogen and oxygen atoms in total. The number of hydrogen-bond donors (Lipinski definition) is 1. The Morgan fingerprint density at radius 1 is 1.62 bits per heavy atom. The fourth-order valence-electron chi connectivity index (χ4n) is 0.947. The number of aromatic nitrogens is 1. The number of thiazole rings is 1. The number of anilines is 1. The van der Waals surface area contributed by atoms with Gasteiger partial charge in [-0.05, 0) is 20.5 Å². The third kappa shape index (κ3) is 3.74. The van der Waals surface area contributed by atoms with E-state index >= 15 is 0 Å². The maximum absolute atomic E-state index is 4.32. The largest absolute Gasteiger partial charge is 0.360 e.